The lowest BCUT2D eigenvalue weighted by atomic mass is 9.98. The third-order valence-corrected chi connectivity index (χ3v) is 3.09. The van der Waals surface area contributed by atoms with Crippen LogP contribution >= 0.6 is 11.8 Å². The standard InChI is InChI=1S/C10H13NS/c1-12-9-4-2-8(3-5-9)10-6-7-11-10/h2-5,10-11H,6-7H2,1H3. The molecule has 0 spiro atoms. The van der Waals surface area contributed by atoms with E-state index in [1.165, 1.54) is 23.4 Å². The Hall–Kier alpha value is -0.470. The normalized spacial score (nSPS) is 21.9. The van der Waals surface area contributed by atoms with Gasteiger partial charge in [-0.3, -0.25) is 0 Å². The molecular weight excluding hydrogens is 166 g/mol. The summed E-state index contributed by atoms with van der Waals surface area (Å²) in [6.07, 6.45) is 3.40. The summed E-state index contributed by atoms with van der Waals surface area (Å²) in [5.41, 5.74) is 1.43. The Morgan fingerprint density at radius 3 is 2.42 bits per heavy atom. The van der Waals surface area contributed by atoms with E-state index in [1.807, 2.05) is 0 Å². The molecule has 2 rings (SSSR count). The van der Waals surface area contributed by atoms with Crippen LogP contribution in [0.25, 0.3) is 0 Å². The largest absolute Gasteiger partial charge is 0.310 e. The molecular formula is C10H13NS. The van der Waals surface area contributed by atoms with Crippen LogP contribution in [0.1, 0.15) is 18.0 Å². The van der Waals surface area contributed by atoms with Crippen molar-refractivity contribution < 1.29 is 0 Å². The van der Waals surface area contributed by atoms with Crippen molar-refractivity contribution in [1.82, 2.24) is 5.32 Å². The molecule has 1 unspecified atom stereocenters. The maximum atomic E-state index is 3.39. The zero-order valence-electron chi connectivity index (χ0n) is 7.21. The molecule has 1 aromatic rings. The van der Waals surface area contributed by atoms with Gasteiger partial charge in [-0.1, -0.05) is 12.1 Å². The Labute approximate surface area is 77.6 Å². The van der Waals surface area contributed by atoms with Gasteiger partial charge in [0.2, 0.25) is 0 Å². The van der Waals surface area contributed by atoms with E-state index < -0.39 is 0 Å². The first-order valence-corrected chi connectivity index (χ1v) is 5.50. The smallest absolute Gasteiger partial charge is 0.0332 e. The van der Waals surface area contributed by atoms with Gasteiger partial charge in [0.25, 0.3) is 0 Å². The van der Waals surface area contributed by atoms with Crippen molar-refractivity contribution in [1.29, 1.82) is 0 Å². The number of hydrogen-bond donors (Lipinski definition) is 1. The molecule has 2 heteroatoms. The van der Waals surface area contributed by atoms with E-state index in [0.717, 1.165) is 0 Å². The molecule has 0 amide bonds. The van der Waals surface area contributed by atoms with E-state index in [9.17, 15) is 0 Å². The van der Waals surface area contributed by atoms with Crippen molar-refractivity contribution in [3.63, 3.8) is 0 Å². The summed E-state index contributed by atoms with van der Waals surface area (Å²) in [6, 6.07) is 9.46. The topological polar surface area (TPSA) is 12.0 Å². The maximum Gasteiger partial charge on any atom is 0.0332 e. The molecule has 1 aromatic carbocycles. The summed E-state index contributed by atoms with van der Waals surface area (Å²) in [7, 11) is 0. The van der Waals surface area contributed by atoms with Gasteiger partial charge in [0.1, 0.15) is 0 Å². The van der Waals surface area contributed by atoms with Crippen molar-refractivity contribution in [2.75, 3.05) is 12.8 Å². The van der Waals surface area contributed by atoms with Crippen molar-refractivity contribution in [3.05, 3.63) is 29.8 Å². The highest BCUT2D eigenvalue weighted by atomic mass is 32.2. The zero-order valence-corrected chi connectivity index (χ0v) is 8.03. The minimum Gasteiger partial charge on any atom is -0.310 e. The Morgan fingerprint density at radius 1 is 1.33 bits per heavy atom. The number of rotatable bonds is 2. The summed E-state index contributed by atoms with van der Waals surface area (Å²) in [5.74, 6) is 0. The summed E-state index contributed by atoms with van der Waals surface area (Å²) in [5, 5.41) is 3.39. The third kappa shape index (κ3) is 1.50. The molecule has 0 radical (unpaired) electrons. The van der Waals surface area contributed by atoms with E-state index >= 15 is 0 Å². The van der Waals surface area contributed by atoms with Gasteiger partial charge in [-0.15, -0.1) is 11.8 Å². The lowest BCUT2D eigenvalue weighted by molar-refractivity contribution is 0.383. The van der Waals surface area contributed by atoms with Crippen LogP contribution in [0.4, 0.5) is 0 Å². The lowest BCUT2D eigenvalue weighted by Crippen LogP contribution is -2.34. The van der Waals surface area contributed by atoms with Gasteiger partial charge < -0.3 is 5.32 Å². The Kier molecular flexibility index (Phi) is 2.38. The molecule has 64 valence electrons. The van der Waals surface area contributed by atoms with E-state index in [-0.39, 0.29) is 0 Å². The number of thioether (sulfide) groups is 1. The highest BCUT2D eigenvalue weighted by Gasteiger charge is 2.17. The van der Waals surface area contributed by atoms with Crippen molar-refractivity contribution in [2.24, 2.45) is 0 Å². The van der Waals surface area contributed by atoms with Gasteiger partial charge in [0.05, 0.1) is 0 Å². The monoisotopic (exact) mass is 179 g/mol. The molecule has 0 aliphatic carbocycles. The molecule has 12 heavy (non-hydrogen) atoms. The quantitative estimate of drug-likeness (QED) is 0.700. The van der Waals surface area contributed by atoms with Crippen molar-refractivity contribution in [2.45, 2.75) is 17.4 Å². The van der Waals surface area contributed by atoms with E-state index in [4.69, 9.17) is 0 Å². The van der Waals surface area contributed by atoms with Crippen LogP contribution in [0.15, 0.2) is 29.2 Å². The van der Waals surface area contributed by atoms with Gasteiger partial charge in [0, 0.05) is 10.9 Å². The molecule has 1 atom stereocenters. The van der Waals surface area contributed by atoms with E-state index in [2.05, 4.69) is 35.8 Å². The fraction of sp³-hybridized carbons (Fsp3) is 0.400. The SMILES string of the molecule is CSc1ccc(C2CCN2)cc1. The Bertz CT molecular complexity index is 251. The maximum absolute atomic E-state index is 3.39. The van der Waals surface area contributed by atoms with Crippen LogP contribution in [0.3, 0.4) is 0 Å². The van der Waals surface area contributed by atoms with Gasteiger partial charge in [-0.05, 0) is 36.9 Å². The van der Waals surface area contributed by atoms with Gasteiger partial charge >= 0.3 is 0 Å². The van der Waals surface area contributed by atoms with Crippen LogP contribution in [-0.4, -0.2) is 12.8 Å². The summed E-state index contributed by atoms with van der Waals surface area (Å²) < 4.78 is 0. The highest BCUT2D eigenvalue weighted by molar-refractivity contribution is 7.98. The summed E-state index contributed by atoms with van der Waals surface area (Å²) in [6.45, 7) is 1.18. The van der Waals surface area contributed by atoms with E-state index in [1.54, 1.807) is 11.8 Å². The fourth-order valence-electron chi connectivity index (χ4n) is 1.41. The van der Waals surface area contributed by atoms with Gasteiger partial charge in [-0.2, -0.15) is 0 Å². The van der Waals surface area contributed by atoms with Gasteiger partial charge in [-0.25, -0.2) is 0 Å². The van der Waals surface area contributed by atoms with Crippen LogP contribution in [0.2, 0.25) is 0 Å². The predicted molar refractivity (Wildman–Crippen MR) is 53.6 cm³/mol. The van der Waals surface area contributed by atoms with Crippen LogP contribution in [0.5, 0.6) is 0 Å². The summed E-state index contributed by atoms with van der Waals surface area (Å²) >= 11 is 1.79. The second kappa shape index (κ2) is 3.50. The van der Waals surface area contributed by atoms with E-state index in [0.29, 0.717) is 6.04 Å². The van der Waals surface area contributed by atoms with Gasteiger partial charge in [0.15, 0.2) is 0 Å². The van der Waals surface area contributed by atoms with Crippen molar-refractivity contribution in [3.8, 4) is 0 Å². The Balaban J connectivity index is 2.13. The molecule has 0 aromatic heterocycles. The molecule has 1 N–H and O–H groups in total. The minimum atomic E-state index is 0.626. The average molecular weight is 179 g/mol. The fourth-order valence-corrected chi connectivity index (χ4v) is 1.82. The predicted octanol–water partition coefficient (Wildman–Crippen LogP) is 2.44. The number of hydrogen-bond acceptors (Lipinski definition) is 2. The summed E-state index contributed by atoms with van der Waals surface area (Å²) in [4.78, 5) is 1.35. The van der Waals surface area contributed by atoms with Crippen molar-refractivity contribution >= 4 is 11.8 Å². The first-order valence-electron chi connectivity index (χ1n) is 4.27. The molecule has 1 saturated heterocycles. The second-order valence-electron chi connectivity index (χ2n) is 3.07. The number of nitrogens with one attached hydrogen (secondary N) is 1. The van der Waals surface area contributed by atoms with Crippen LogP contribution in [-0.2, 0) is 0 Å². The molecule has 1 aliphatic rings. The second-order valence-corrected chi connectivity index (χ2v) is 3.95. The zero-order chi connectivity index (χ0) is 8.39. The molecule has 1 heterocycles. The molecule has 1 aliphatic heterocycles. The Morgan fingerprint density at radius 2 is 2.00 bits per heavy atom. The molecule has 1 fully saturated rings. The van der Waals surface area contributed by atoms with Crippen LogP contribution < -0.4 is 5.32 Å². The first-order chi connectivity index (χ1) is 5.90. The number of benzene rings is 1. The minimum absolute atomic E-state index is 0.626. The first kappa shape index (κ1) is 8.14. The molecule has 0 saturated carbocycles. The van der Waals surface area contributed by atoms with Crippen LogP contribution in [0, 0.1) is 0 Å². The molecule has 0 bridgehead atoms. The highest BCUT2D eigenvalue weighted by Crippen LogP contribution is 2.24. The lowest BCUT2D eigenvalue weighted by Gasteiger charge is -2.28. The molecule has 1 nitrogen and oxygen atoms in total. The average Bonchev–Trinajstić information content (AvgIpc) is 2.03. The third-order valence-electron chi connectivity index (χ3n) is 2.34.